The van der Waals surface area contributed by atoms with Gasteiger partial charge in [-0.3, -0.25) is 19.7 Å². The van der Waals surface area contributed by atoms with Gasteiger partial charge in [0.25, 0.3) is 11.6 Å². The van der Waals surface area contributed by atoms with E-state index in [1.54, 1.807) is 12.0 Å². The Kier molecular flexibility index (Phi) is 7.23. The van der Waals surface area contributed by atoms with Crippen molar-refractivity contribution in [1.29, 1.82) is 0 Å². The molecule has 2 aromatic carbocycles. The fraction of sp³-hybridized carbons (Fsp3) is 0.423. The van der Waals surface area contributed by atoms with Gasteiger partial charge in [0.1, 0.15) is 5.75 Å². The van der Waals surface area contributed by atoms with Crippen LogP contribution < -0.4 is 4.74 Å². The average molecular weight is 496 g/mol. The molecule has 0 unspecified atom stereocenters. The molecule has 10 heteroatoms. The third kappa shape index (κ3) is 5.32. The summed E-state index contributed by atoms with van der Waals surface area (Å²) in [5.74, 6) is -0.305. The minimum Gasteiger partial charge on any atom is -0.497 e. The molecule has 4 rings (SSSR count). The summed E-state index contributed by atoms with van der Waals surface area (Å²) < 4.78 is 9.91. The SMILES string of the molecule is COC(=O)c1cc(C(=O)N2CCC3(CCN(C(=O)Cc4cccc(OC)c4)CC3)C2)cc([N+](=O)[O-])c1. The Balaban J connectivity index is 1.39. The summed E-state index contributed by atoms with van der Waals surface area (Å²) in [4.78, 5) is 52.3. The first-order valence-electron chi connectivity index (χ1n) is 11.8. The van der Waals surface area contributed by atoms with Gasteiger partial charge in [-0.25, -0.2) is 4.79 Å². The number of ether oxygens (including phenoxy) is 2. The number of rotatable bonds is 6. The van der Waals surface area contributed by atoms with Gasteiger partial charge in [0.15, 0.2) is 0 Å². The van der Waals surface area contributed by atoms with Crippen molar-refractivity contribution < 1.29 is 28.8 Å². The summed E-state index contributed by atoms with van der Waals surface area (Å²) >= 11 is 0. The second kappa shape index (κ2) is 10.3. The average Bonchev–Trinajstić information content (AvgIpc) is 3.31. The Morgan fingerprint density at radius 3 is 2.28 bits per heavy atom. The fourth-order valence-corrected chi connectivity index (χ4v) is 5.07. The first kappa shape index (κ1) is 25.2. The number of hydrogen-bond acceptors (Lipinski definition) is 7. The van der Waals surface area contributed by atoms with Gasteiger partial charge < -0.3 is 19.3 Å². The van der Waals surface area contributed by atoms with Crippen LogP contribution in [0.5, 0.6) is 5.75 Å². The van der Waals surface area contributed by atoms with Crippen molar-refractivity contribution in [3.63, 3.8) is 0 Å². The van der Waals surface area contributed by atoms with Gasteiger partial charge in [0.2, 0.25) is 5.91 Å². The lowest BCUT2D eigenvalue weighted by Gasteiger charge is -2.39. The normalized spacial score (nSPS) is 16.6. The lowest BCUT2D eigenvalue weighted by Crippen LogP contribution is -2.45. The molecule has 2 aromatic rings. The molecule has 36 heavy (non-hydrogen) atoms. The summed E-state index contributed by atoms with van der Waals surface area (Å²) in [7, 11) is 2.78. The summed E-state index contributed by atoms with van der Waals surface area (Å²) in [5.41, 5.74) is 0.534. The van der Waals surface area contributed by atoms with Crippen molar-refractivity contribution in [3.8, 4) is 5.75 Å². The maximum atomic E-state index is 13.2. The number of nitro benzene ring substituents is 1. The lowest BCUT2D eigenvalue weighted by molar-refractivity contribution is -0.384. The van der Waals surface area contributed by atoms with Gasteiger partial charge in [0, 0.05) is 43.9 Å². The number of methoxy groups -OCH3 is 2. The molecule has 2 saturated heterocycles. The predicted molar refractivity (Wildman–Crippen MR) is 130 cm³/mol. The molecule has 0 radical (unpaired) electrons. The molecule has 2 amide bonds. The second-order valence-corrected chi connectivity index (χ2v) is 9.40. The van der Waals surface area contributed by atoms with Crippen LogP contribution in [0.25, 0.3) is 0 Å². The van der Waals surface area contributed by atoms with Gasteiger partial charge >= 0.3 is 5.97 Å². The largest absolute Gasteiger partial charge is 0.497 e. The molecule has 2 aliphatic heterocycles. The van der Waals surface area contributed by atoms with Crippen molar-refractivity contribution in [3.05, 3.63) is 69.3 Å². The summed E-state index contributed by atoms with van der Waals surface area (Å²) in [6.45, 7) is 2.27. The van der Waals surface area contributed by atoms with Crippen LogP contribution in [-0.2, 0) is 16.0 Å². The van der Waals surface area contributed by atoms with Gasteiger partial charge in [-0.1, -0.05) is 12.1 Å². The van der Waals surface area contributed by atoms with Crippen LogP contribution in [0.3, 0.4) is 0 Å². The Bertz CT molecular complexity index is 1190. The van der Waals surface area contributed by atoms with Crippen LogP contribution in [0, 0.1) is 15.5 Å². The molecule has 0 saturated carbocycles. The number of carbonyl (C=O) groups is 3. The molecule has 0 N–H and O–H groups in total. The van der Waals surface area contributed by atoms with Crippen LogP contribution in [0.4, 0.5) is 5.69 Å². The van der Waals surface area contributed by atoms with Crippen molar-refractivity contribution in [2.45, 2.75) is 25.7 Å². The van der Waals surface area contributed by atoms with E-state index in [1.807, 2.05) is 29.2 Å². The number of non-ortho nitro benzene ring substituents is 1. The number of esters is 1. The van der Waals surface area contributed by atoms with E-state index in [-0.39, 0.29) is 34.0 Å². The first-order valence-corrected chi connectivity index (χ1v) is 11.8. The highest BCUT2D eigenvalue weighted by Crippen LogP contribution is 2.41. The molecule has 2 aliphatic rings. The van der Waals surface area contributed by atoms with Crippen molar-refractivity contribution >= 4 is 23.5 Å². The topological polar surface area (TPSA) is 119 Å². The van der Waals surface area contributed by atoms with Crippen LogP contribution in [0.1, 0.15) is 45.5 Å². The lowest BCUT2D eigenvalue weighted by atomic mass is 9.77. The zero-order valence-corrected chi connectivity index (χ0v) is 20.4. The number of nitro groups is 1. The second-order valence-electron chi connectivity index (χ2n) is 9.40. The van der Waals surface area contributed by atoms with E-state index in [0.29, 0.717) is 32.6 Å². The molecular formula is C26H29N3O7. The number of amides is 2. The smallest absolute Gasteiger partial charge is 0.338 e. The van der Waals surface area contributed by atoms with Gasteiger partial charge in [0.05, 0.1) is 31.1 Å². The first-order chi connectivity index (χ1) is 17.2. The van der Waals surface area contributed by atoms with E-state index in [4.69, 9.17) is 4.74 Å². The Morgan fingerprint density at radius 1 is 0.972 bits per heavy atom. The quantitative estimate of drug-likeness (QED) is 0.343. The highest BCUT2D eigenvalue weighted by atomic mass is 16.6. The minimum atomic E-state index is -0.739. The molecular weight excluding hydrogens is 466 g/mol. The third-order valence-electron chi connectivity index (χ3n) is 7.19. The zero-order valence-electron chi connectivity index (χ0n) is 20.4. The molecule has 1 spiro atoms. The molecule has 10 nitrogen and oxygen atoms in total. The molecule has 190 valence electrons. The van der Waals surface area contributed by atoms with Crippen molar-refractivity contribution in [1.82, 2.24) is 9.80 Å². The number of benzene rings is 2. The predicted octanol–water partition coefficient (Wildman–Crippen LogP) is 3.09. The monoisotopic (exact) mass is 495 g/mol. The molecule has 0 bridgehead atoms. The summed E-state index contributed by atoms with van der Waals surface area (Å²) in [6, 6.07) is 11.1. The van der Waals surface area contributed by atoms with Crippen LogP contribution in [0.2, 0.25) is 0 Å². The van der Waals surface area contributed by atoms with E-state index in [0.717, 1.165) is 36.6 Å². The van der Waals surface area contributed by atoms with Crippen LogP contribution >= 0.6 is 0 Å². The fourth-order valence-electron chi connectivity index (χ4n) is 5.07. The van der Waals surface area contributed by atoms with Crippen LogP contribution in [0.15, 0.2) is 42.5 Å². The maximum absolute atomic E-state index is 13.2. The van der Waals surface area contributed by atoms with Crippen LogP contribution in [-0.4, -0.2) is 72.9 Å². The highest BCUT2D eigenvalue weighted by Gasteiger charge is 2.43. The molecule has 0 aromatic heterocycles. The van der Waals surface area contributed by atoms with Crippen molar-refractivity contribution in [2.75, 3.05) is 40.4 Å². The summed E-state index contributed by atoms with van der Waals surface area (Å²) in [6.07, 6.45) is 2.67. The Hall–Kier alpha value is -3.95. The van der Waals surface area contributed by atoms with E-state index in [9.17, 15) is 24.5 Å². The van der Waals surface area contributed by atoms with Crippen molar-refractivity contribution in [2.24, 2.45) is 5.41 Å². The standard InChI is InChI=1S/C26H29N3O7/c1-35-22-5-3-4-18(12-22)13-23(30)27-9-6-26(7-10-27)8-11-28(17-26)24(31)19-14-20(25(32)36-2)16-21(15-19)29(33)34/h3-5,12,14-16H,6-11,13,17H2,1-2H3. The maximum Gasteiger partial charge on any atom is 0.338 e. The highest BCUT2D eigenvalue weighted by molar-refractivity contribution is 5.99. The van der Waals surface area contributed by atoms with E-state index in [1.165, 1.54) is 19.2 Å². The molecule has 2 fully saturated rings. The molecule has 0 aliphatic carbocycles. The molecule has 2 heterocycles. The van der Waals surface area contributed by atoms with Gasteiger partial charge in [-0.2, -0.15) is 0 Å². The Morgan fingerprint density at radius 2 is 1.64 bits per heavy atom. The van der Waals surface area contributed by atoms with E-state index < -0.39 is 10.9 Å². The number of nitrogens with zero attached hydrogens (tertiary/aromatic N) is 3. The summed E-state index contributed by atoms with van der Waals surface area (Å²) in [5, 5.41) is 11.3. The number of carbonyl (C=O) groups excluding carboxylic acids is 3. The minimum absolute atomic E-state index is 0.0354. The van der Waals surface area contributed by atoms with E-state index >= 15 is 0 Å². The zero-order chi connectivity index (χ0) is 25.9. The Labute approximate surface area is 208 Å². The number of hydrogen-bond donors (Lipinski definition) is 0. The molecule has 0 atom stereocenters. The van der Waals surface area contributed by atoms with E-state index in [2.05, 4.69) is 4.74 Å². The van der Waals surface area contributed by atoms with Gasteiger partial charge in [-0.05, 0) is 48.4 Å². The number of piperidine rings is 1. The number of likely N-dealkylation sites (tertiary alicyclic amines) is 2. The van der Waals surface area contributed by atoms with Gasteiger partial charge in [-0.15, -0.1) is 0 Å². The third-order valence-corrected chi connectivity index (χ3v) is 7.19.